The summed E-state index contributed by atoms with van der Waals surface area (Å²) < 4.78 is 11.2. The van der Waals surface area contributed by atoms with Gasteiger partial charge in [-0.15, -0.1) is 0 Å². The van der Waals surface area contributed by atoms with Crippen LogP contribution in [0.3, 0.4) is 0 Å². The average Bonchev–Trinajstić information content (AvgIpc) is 3.58. The van der Waals surface area contributed by atoms with E-state index in [1.807, 2.05) is 24.3 Å². The van der Waals surface area contributed by atoms with Crippen molar-refractivity contribution in [3.05, 3.63) is 116 Å². The summed E-state index contributed by atoms with van der Waals surface area (Å²) in [4.78, 5) is 28.2. The van der Waals surface area contributed by atoms with E-state index in [0.29, 0.717) is 47.5 Å². The molecule has 0 unspecified atom stereocenters. The first-order valence-electron chi connectivity index (χ1n) is 13.3. The fourth-order valence-corrected chi connectivity index (χ4v) is 5.94. The molecule has 0 aliphatic carbocycles. The predicted octanol–water partition coefficient (Wildman–Crippen LogP) is 6.67. The smallest absolute Gasteiger partial charge is 0.338 e. The highest BCUT2D eigenvalue weighted by atomic mass is 35.5. The average molecular weight is 605 g/mol. The predicted molar refractivity (Wildman–Crippen MR) is 160 cm³/mol. The van der Waals surface area contributed by atoms with Crippen LogP contribution < -0.4 is 14.5 Å². The number of carbonyl (C=O) groups excluding carboxylic acids is 1. The van der Waals surface area contributed by atoms with Gasteiger partial charge in [0.2, 0.25) is 0 Å². The SMILES string of the molecule is O=C(O)c1ccc2c(c1)CN(c1ccc(OCCOC(=O)c3ccc4c(c3)CN(c3ccc(O)cc3Cl)C4)cc1Cl)C2. The van der Waals surface area contributed by atoms with Crippen LogP contribution >= 0.6 is 23.2 Å². The Labute approximate surface area is 252 Å². The lowest BCUT2D eigenvalue weighted by Gasteiger charge is -2.20. The summed E-state index contributed by atoms with van der Waals surface area (Å²) in [6, 6.07) is 21.0. The van der Waals surface area contributed by atoms with Crippen molar-refractivity contribution in [1.29, 1.82) is 0 Å². The number of hydrogen-bond acceptors (Lipinski definition) is 7. The molecule has 2 N–H and O–H groups in total. The van der Waals surface area contributed by atoms with Gasteiger partial charge in [0.15, 0.2) is 0 Å². The van der Waals surface area contributed by atoms with Crippen molar-refractivity contribution in [2.45, 2.75) is 26.2 Å². The molecule has 0 atom stereocenters. The number of ether oxygens (including phenoxy) is 2. The van der Waals surface area contributed by atoms with Gasteiger partial charge in [-0.05, 0) is 70.8 Å². The third-order valence-electron chi connectivity index (χ3n) is 7.46. The first-order valence-corrected chi connectivity index (χ1v) is 14.1. The van der Waals surface area contributed by atoms with Crippen LogP contribution in [-0.2, 0) is 30.9 Å². The van der Waals surface area contributed by atoms with E-state index in [1.54, 1.807) is 42.5 Å². The summed E-state index contributed by atoms with van der Waals surface area (Å²) in [5, 5.41) is 19.9. The second-order valence-corrected chi connectivity index (χ2v) is 11.0. The summed E-state index contributed by atoms with van der Waals surface area (Å²) in [6.07, 6.45) is 0. The minimum atomic E-state index is -0.946. The fourth-order valence-electron chi connectivity index (χ4n) is 5.35. The van der Waals surface area contributed by atoms with E-state index >= 15 is 0 Å². The van der Waals surface area contributed by atoms with Gasteiger partial charge in [0, 0.05) is 38.3 Å². The number of hydrogen-bond donors (Lipinski definition) is 2. The van der Waals surface area contributed by atoms with Gasteiger partial charge in [-0.2, -0.15) is 0 Å². The number of halogens is 2. The van der Waals surface area contributed by atoms with Crippen molar-refractivity contribution in [2.24, 2.45) is 0 Å². The molecule has 4 aromatic carbocycles. The van der Waals surface area contributed by atoms with Gasteiger partial charge >= 0.3 is 11.9 Å². The number of aromatic carboxylic acids is 1. The van der Waals surface area contributed by atoms with E-state index in [1.165, 1.54) is 6.07 Å². The molecule has 4 aromatic rings. The number of rotatable bonds is 8. The van der Waals surface area contributed by atoms with E-state index < -0.39 is 11.9 Å². The summed E-state index contributed by atoms with van der Waals surface area (Å²) >= 11 is 12.9. The maximum atomic E-state index is 12.7. The van der Waals surface area contributed by atoms with Crippen LogP contribution in [0.25, 0.3) is 0 Å². The highest BCUT2D eigenvalue weighted by Gasteiger charge is 2.24. The molecule has 2 heterocycles. The first kappa shape index (κ1) is 27.8. The Hall–Kier alpha value is -4.40. The van der Waals surface area contributed by atoms with Crippen LogP contribution in [0.1, 0.15) is 43.0 Å². The van der Waals surface area contributed by atoms with Crippen molar-refractivity contribution in [3.63, 3.8) is 0 Å². The van der Waals surface area contributed by atoms with Crippen LogP contribution in [0.4, 0.5) is 11.4 Å². The molecule has 0 saturated heterocycles. The highest BCUT2D eigenvalue weighted by Crippen LogP contribution is 2.37. The van der Waals surface area contributed by atoms with E-state index in [2.05, 4.69) is 9.80 Å². The first-order chi connectivity index (χ1) is 20.2. The lowest BCUT2D eigenvalue weighted by atomic mass is 10.1. The number of phenols is 1. The minimum Gasteiger partial charge on any atom is -0.508 e. The summed E-state index contributed by atoms with van der Waals surface area (Å²) in [6.45, 7) is 2.67. The number of benzene rings is 4. The number of carboxylic acid groups (broad SMARTS) is 1. The number of carbonyl (C=O) groups is 2. The van der Waals surface area contributed by atoms with Crippen LogP contribution in [0.5, 0.6) is 11.5 Å². The maximum Gasteiger partial charge on any atom is 0.338 e. The Kier molecular flexibility index (Phi) is 7.58. The van der Waals surface area contributed by atoms with Gasteiger partial charge in [-0.1, -0.05) is 35.3 Å². The molecule has 214 valence electrons. The number of fused-ring (bicyclic) bond motifs is 2. The zero-order valence-corrected chi connectivity index (χ0v) is 23.9. The van der Waals surface area contributed by atoms with Crippen LogP contribution in [0, 0.1) is 0 Å². The molecular formula is C32H26Cl2N2O6. The van der Waals surface area contributed by atoms with Crippen LogP contribution in [0.15, 0.2) is 72.8 Å². The molecule has 10 heteroatoms. The molecule has 0 amide bonds. The summed E-state index contributed by atoms with van der Waals surface area (Å²) in [5.74, 6) is -0.717. The molecule has 0 spiro atoms. The largest absolute Gasteiger partial charge is 0.508 e. The highest BCUT2D eigenvalue weighted by molar-refractivity contribution is 6.33. The van der Waals surface area contributed by atoms with E-state index in [-0.39, 0.29) is 24.5 Å². The van der Waals surface area contributed by atoms with Gasteiger partial charge in [0.25, 0.3) is 0 Å². The van der Waals surface area contributed by atoms with E-state index in [0.717, 1.165) is 33.6 Å². The Morgan fingerprint density at radius 3 is 1.88 bits per heavy atom. The lowest BCUT2D eigenvalue weighted by molar-refractivity contribution is 0.0450. The normalized spacial score (nSPS) is 13.6. The van der Waals surface area contributed by atoms with Crippen molar-refractivity contribution in [2.75, 3.05) is 23.0 Å². The maximum absolute atomic E-state index is 12.7. The topological polar surface area (TPSA) is 99.5 Å². The third kappa shape index (κ3) is 5.68. The third-order valence-corrected chi connectivity index (χ3v) is 8.06. The Bertz CT molecular complexity index is 1710. The number of esters is 1. The number of carboxylic acids is 1. The van der Waals surface area contributed by atoms with E-state index in [9.17, 15) is 19.8 Å². The standard InChI is InChI=1S/C32H26Cl2N2O6/c33-27-13-25(37)5-7-29(27)35-16-22-4-2-20(12-24(22)18-35)32(40)42-10-9-41-26-6-8-30(28(34)14-26)36-15-21-3-1-19(31(38)39)11-23(21)17-36/h1-8,11-14,37H,9-10,15-18H2,(H,38,39). The molecule has 0 saturated carbocycles. The molecule has 0 bridgehead atoms. The Balaban J connectivity index is 1.00. The lowest BCUT2D eigenvalue weighted by Crippen LogP contribution is -2.15. The monoisotopic (exact) mass is 604 g/mol. The van der Waals surface area contributed by atoms with Crippen molar-refractivity contribution >= 4 is 46.5 Å². The zero-order chi connectivity index (χ0) is 29.4. The quantitative estimate of drug-likeness (QED) is 0.170. The molecule has 2 aliphatic heterocycles. The summed E-state index contributed by atoms with van der Waals surface area (Å²) in [7, 11) is 0. The van der Waals surface area contributed by atoms with Crippen molar-refractivity contribution in [1.82, 2.24) is 0 Å². The Morgan fingerprint density at radius 2 is 1.26 bits per heavy atom. The number of phenolic OH excluding ortho intramolecular Hbond substituents is 1. The van der Waals surface area contributed by atoms with Gasteiger partial charge < -0.3 is 29.5 Å². The molecule has 6 rings (SSSR count). The second kappa shape index (κ2) is 11.5. The minimum absolute atomic E-state index is 0.0673. The van der Waals surface area contributed by atoms with Gasteiger partial charge in [-0.3, -0.25) is 0 Å². The van der Waals surface area contributed by atoms with Crippen molar-refractivity contribution < 1.29 is 29.3 Å². The van der Waals surface area contributed by atoms with Gasteiger partial charge in [-0.25, -0.2) is 9.59 Å². The van der Waals surface area contributed by atoms with Crippen LogP contribution in [-0.4, -0.2) is 35.4 Å². The molecule has 0 radical (unpaired) electrons. The molecule has 0 aromatic heterocycles. The molecule has 42 heavy (non-hydrogen) atoms. The Morgan fingerprint density at radius 1 is 0.690 bits per heavy atom. The van der Waals surface area contributed by atoms with Gasteiger partial charge in [0.05, 0.1) is 32.5 Å². The molecule has 2 aliphatic rings. The second-order valence-electron chi connectivity index (χ2n) is 10.2. The van der Waals surface area contributed by atoms with Crippen molar-refractivity contribution in [3.8, 4) is 11.5 Å². The van der Waals surface area contributed by atoms with Crippen LogP contribution in [0.2, 0.25) is 10.0 Å². The number of nitrogens with zero attached hydrogens (tertiary/aromatic N) is 2. The molecule has 8 nitrogen and oxygen atoms in total. The number of anilines is 2. The van der Waals surface area contributed by atoms with E-state index in [4.69, 9.17) is 32.7 Å². The van der Waals surface area contributed by atoms with Gasteiger partial charge in [0.1, 0.15) is 24.7 Å². The summed E-state index contributed by atoms with van der Waals surface area (Å²) in [5.41, 5.74) is 6.53. The number of aromatic hydroxyl groups is 1. The fraction of sp³-hybridized carbons (Fsp3) is 0.188. The molecular weight excluding hydrogens is 579 g/mol. The zero-order valence-electron chi connectivity index (χ0n) is 22.3. The molecule has 0 fully saturated rings.